The number of esters is 1. The van der Waals surface area contributed by atoms with Crippen molar-refractivity contribution in [2.75, 3.05) is 25.1 Å². The number of aliphatic hydroxyl groups is 3. The molecular weight excluding hydrogens is 575 g/mol. The summed E-state index contributed by atoms with van der Waals surface area (Å²) >= 11 is 0. The van der Waals surface area contributed by atoms with E-state index < -0.39 is 52.2 Å². The highest BCUT2D eigenvalue weighted by molar-refractivity contribution is 6.10. The van der Waals surface area contributed by atoms with Crippen LogP contribution in [0.1, 0.15) is 57.1 Å². The first kappa shape index (κ1) is 30.5. The summed E-state index contributed by atoms with van der Waals surface area (Å²) < 4.78 is 20.7. The van der Waals surface area contributed by atoms with Crippen molar-refractivity contribution in [3.8, 4) is 0 Å². The lowest BCUT2D eigenvalue weighted by Gasteiger charge is -2.60. The van der Waals surface area contributed by atoms with Crippen LogP contribution >= 0.6 is 0 Å². The summed E-state index contributed by atoms with van der Waals surface area (Å²) in [7, 11) is 0. The number of anilines is 1. The molecular formula is C36H43FN2O6. The van der Waals surface area contributed by atoms with Crippen molar-refractivity contribution in [1.82, 2.24) is 4.90 Å². The Morgan fingerprint density at radius 2 is 1.84 bits per heavy atom. The van der Waals surface area contributed by atoms with E-state index in [0.717, 1.165) is 24.0 Å². The van der Waals surface area contributed by atoms with Crippen LogP contribution in [0.5, 0.6) is 0 Å². The Kier molecular flexibility index (Phi) is 7.09. The first-order chi connectivity index (χ1) is 21.4. The average Bonchev–Trinajstić information content (AvgIpc) is 3.60. The zero-order chi connectivity index (χ0) is 31.9. The molecule has 0 bridgehead atoms. The molecule has 9 heteroatoms. The van der Waals surface area contributed by atoms with E-state index in [2.05, 4.69) is 18.8 Å². The van der Waals surface area contributed by atoms with Gasteiger partial charge in [0.2, 0.25) is 0 Å². The van der Waals surface area contributed by atoms with Gasteiger partial charge in [-0.2, -0.15) is 0 Å². The van der Waals surface area contributed by atoms with E-state index in [4.69, 9.17) is 4.74 Å². The number of benzene rings is 2. The molecule has 5 aliphatic rings. The third kappa shape index (κ3) is 3.90. The summed E-state index contributed by atoms with van der Waals surface area (Å²) in [6.45, 7) is 8.87. The number of fused-ring (bicyclic) bond motifs is 4. The zero-order valence-electron chi connectivity index (χ0n) is 26.0. The molecule has 0 aromatic heterocycles. The normalized spacial score (nSPS) is 40.9. The average molecular weight is 619 g/mol. The summed E-state index contributed by atoms with van der Waals surface area (Å²) in [4.78, 5) is 30.8. The molecule has 2 aromatic rings. The fraction of sp³-hybridized carbons (Fsp3) is 0.556. The van der Waals surface area contributed by atoms with Gasteiger partial charge in [-0.1, -0.05) is 56.3 Å². The van der Waals surface area contributed by atoms with Crippen LogP contribution < -0.4 is 5.32 Å². The summed E-state index contributed by atoms with van der Waals surface area (Å²) in [5.41, 5.74) is -1.74. The highest BCUT2D eigenvalue weighted by Crippen LogP contribution is 2.68. The Hall–Kier alpha value is -3.11. The Morgan fingerprint density at radius 3 is 2.53 bits per heavy atom. The van der Waals surface area contributed by atoms with Crippen molar-refractivity contribution >= 4 is 17.6 Å². The number of nitrogens with zero attached hydrogens (tertiary/aromatic N) is 1. The molecule has 2 saturated heterocycles. The molecule has 240 valence electrons. The highest BCUT2D eigenvalue weighted by Gasteiger charge is 2.79. The summed E-state index contributed by atoms with van der Waals surface area (Å²) in [6.07, 6.45) is 1.27. The lowest BCUT2D eigenvalue weighted by molar-refractivity contribution is -0.166. The number of carbonyl (C=O) groups is 2. The smallest absolute Gasteiger partial charge is 0.318 e. The lowest BCUT2D eigenvalue weighted by Crippen LogP contribution is -2.63. The maximum atomic E-state index is 15.1. The van der Waals surface area contributed by atoms with Gasteiger partial charge in [0.25, 0.3) is 5.91 Å². The molecule has 2 aromatic carbocycles. The van der Waals surface area contributed by atoms with Gasteiger partial charge in [-0.3, -0.25) is 14.5 Å². The quantitative estimate of drug-likeness (QED) is 0.294. The predicted octanol–water partition coefficient (Wildman–Crippen LogP) is 4.14. The molecule has 4 N–H and O–H groups in total. The molecule has 4 fully saturated rings. The number of cyclic esters (lactones) is 1. The number of aliphatic hydroxyl groups excluding tert-OH is 3. The molecule has 3 aliphatic heterocycles. The fourth-order valence-corrected chi connectivity index (χ4v) is 10.6. The van der Waals surface area contributed by atoms with E-state index in [1.165, 1.54) is 18.2 Å². The third-order valence-corrected chi connectivity index (χ3v) is 12.8. The van der Waals surface area contributed by atoms with Gasteiger partial charge in [0.15, 0.2) is 0 Å². The Balaban J connectivity index is 1.40. The molecule has 9 atom stereocenters. The minimum Gasteiger partial charge on any atom is -0.462 e. The number of amides is 1. The zero-order valence-corrected chi connectivity index (χ0v) is 26.0. The third-order valence-electron chi connectivity index (χ3n) is 12.8. The Bertz CT molecular complexity index is 1550. The number of hydrogen-bond acceptors (Lipinski definition) is 7. The number of allylic oxidation sites excluding steroid dienone is 1. The van der Waals surface area contributed by atoms with Crippen LogP contribution in [0, 0.1) is 39.8 Å². The van der Waals surface area contributed by atoms with Gasteiger partial charge in [-0.25, -0.2) is 4.39 Å². The summed E-state index contributed by atoms with van der Waals surface area (Å²) in [5, 5.41) is 36.5. The second kappa shape index (κ2) is 10.5. The first-order valence-corrected chi connectivity index (χ1v) is 16.2. The van der Waals surface area contributed by atoms with E-state index in [1.54, 1.807) is 0 Å². The Morgan fingerprint density at radius 1 is 1.09 bits per heavy atom. The molecule has 45 heavy (non-hydrogen) atoms. The predicted molar refractivity (Wildman–Crippen MR) is 165 cm³/mol. The monoisotopic (exact) mass is 618 g/mol. The van der Waals surface area contributed by atoms with Gasteiger partial charge < -0.3 is 25.4 Å². The molecule has 2 aliphatic carbocycles. The van der Waals surface area contributed by atoms with Crippen molar-refractivity contribution in [2.24, 2.45) is 34.0 Å². The van der Waals surface area contributed by atoms with Crippen LogP contribution in [0.2, 0.25) is 0 Å². The molecule has 3 heterocycles. The van der Waals surface area contributed by atoms with Crippen molar-refractivity contribution in [3.05, 3.63) is 77.6 Å². The van der Waals surface area contributed by atoms with Gasteiger partial charge in [0.05, 0.1) is 12.7 Å². The van der Waals surface area contributed by atoms with Crippen molar-refractivity contribution in [3.63, 3.8) is 0 Å². The van der Waals surface area contributed by atoms with Crippen molar-refractivity contribution in [2.45, 2.75) is 70.2 Å². The first-order valence-electron chi connectivity index (χ1n) is 16.2. The largest absolute Gasteiger partial charge is 0.462 e. The van der Waals surface area contributed by atoms with Gasteiger partial charge in [0.1, 0.15) is 29.5 Å². The van der Waals surface area contributed by atoms with Crippen LogP contribution in [-0.2, 0) is 26.4 Å². The van der Waals surface area contributed by atoms with Gasteiger partial charge in [-0.05, 0) is 79.0 Å². The van der Waals surface area contributed by atoms with Crippen molar-refractivity contribution in [1.29, 1.82) is 0 Å². The maximum Gasteiger partial charge on any atom is 0.318 e. The van der Waals surface area contributed by atoms with E-state index in [9.17, 15) is 24.9 Å². The highest BCUT2D eigenvalue weighted by atomic mass is 19.1. The van der Waals surface area contributed by atoms with Crippen LogP contribution in [0.15, 0.2) is 60.7 Å². The standard InChI is InChI=1S/C36H43FN2O6/c1-21-9-12-28-33(2,14-13-29(41)34(28,3)20-40)25(21)15-23-18-39(17-22-7-5-4-6-8-22)36(35(23)30(42)19-45-32(35)44)26-16-24(37)10-11-27(26)38-31(36)43/h4-8,10-11,16,23,25,28-30,40-42H,1,9,12-15,17-20H2,2-3H3,(H,38,43)/t23?,25-,28+,29-,30-,33+,34+,35-,36+/m1/s1. The number of nitrogens with one attached hydrogen (secondary N) is 1. The topological polar surface area (TPSA) is 119 Å². The number of ether oxygens (including phenoxy) is 1. The fourth-order valence-electron chi connectivity index (χ4n) is 10.6. The molecule has 8 nitrogen and oxygen atoms in total. The van der Waals surface area contributed by atoms with Crippen molar-refractivity contribution < 1.29 is 34.0 Å². The second-order valence-electron chi connectivity index (χ2n) is 14.7. The minimum atomic E-state index is -1.71. The molecule has 1 amide bonds. The minimum absolute atomic E-state index is 0.00559. The molecule has 2 saturated carbocycles. The SMILES string of the molecule is C=C1CC[C@@H]2[C@](C)(CO)[C@H](O)CC[C@@]2(C)[C@@H]1CC1CN(Cc2ccccc2)[C@@]2(C(=O)Nc3ccc(F)cc32)[C@]12C(=O)OC[C@H]2O. The molecule has 7 rings (SSSR count). The van der Waals surface area contributed by atoms with Gasteiger partial charge >= 0.3 is 5.97 Å². The van der Waals surface area contributed by atoms with E-state index in [-0.39, 0.29) is 37.0 Å². The maximum absolute atomic E-state index is 15.1. The molecule has 1 unspecified atom stereocenters. The number of carbonyl (C=O) groups excluding carboxylic acids is 2. The van der Waals surface area contributed by atoms with Crippen LogP contribution in [0.3, 0.4) is 0 Å². The number of likely N-dealkylation sites (tertiary alicyclic amines) is 1. The van der Waals surface area contributed by atoms with Crippen LogP contribution in [0.25, 0.3) is 0 Å². The Labute approximate surface area is 263 Å². The van der Waals surface area contributed by atoms with E-state index >= 15 is 4.39 Å². The lowest BCUT2D eigenvalue weighted by atomic mass is 9.45. The van der Waals surface area contributed by atoms with E-state index in [1.807, 2.05) is 42.2 Å². The van der Waals surface area contributed by atoms with Gasteiger partial charge in [-0.15, -0.1) is 0 Å². The summed E-state index contributed by atoms with van der Waals surface area (Å²) in [6, 6.07) is 13.8. The van der Waals surface area contributed by atoms with Crippen LogP contribution in [0.4, 0.5) is 10.1 Å². The van der Waals surface area contributed by atoms with Gasteiger partial charge in [0, 0.05) is 29.8 Å². The van der Waals surface area contributed by atoms with Crippen LogP contribution in [-0.4, -0.2) is 64.1 Å². The van der Waals surface area contributed by atoms with E-state index in [0.29, 0.717) is 37.1 Å². The molecule has 0 radical (unpaired) electrons. The summed E-state index contributed by atoms with van der Waals surface area (Å²) in [5.74, 6) is -2.31. The second-order valence-corrected chi connectivity index (χ2v) is 14.7. The number of halogens is 1. The molecule has 2 spiro atoms. The number of rotatable bonds is 5. The number of hydrogen-bond donors (Lipinski definition) is 4.